The Morgan fingerprint density at radius 3 is 2.21 bits per heavy atom. The van der Waals surface area contributed by atoms with Gasteiger partial charge < -0.3 is 15.2 Å². The van der Waals surface area contributed by atoms with E-state index in [1.54, 1.807) is 0 Å². The molecule has 0 radical (unpaired) electrons. The number of aromatic carboxylic acids is 1. The third-order valence-corrected chi connectivity index (χ3v) is 2.52. The van der Waals surface area contributed by atoms with E-state index in [0.717, 1.165) is 6.07 Å². The lowest BCUT2D eigenvalue weighted by atomic mass is 9.80. The number of benzene rings is 1. The van der Waals surface area contributed by atoms with E-state index in [9.17, 15) is 4.79 Å². The van der Waals surface area contributed by atoms with Gasteiger partial charge >= 0.3 is 13.1 Å². The Kier molecular flexibility index (Phi) is 3.39. The van der Waals surface area contributed by atoms with E-state index in [0.29, 0.717) is 0 Å². The maximum atomic E-state index is 10.6. The molecule has 1 rings (SSSR count). The van der Waals surface area contributed by atoms with Gasteiger partial charge in [-0.2, -0.15) is 0 Å². The van der Waals surface area contributed by atoms with Crippen molar-refractivity contribution in [2.24, 2.45) is 0 Å². The number of carboxylic acids is 1. The summed E-state index contributed by atoms with van der Waals surface area (Å²) >= 11 is 11.2. The molecule has 1 aromatic rings. The second-order valence-corrected chi connectivity index (χ2v) is 3.27. The summed E-state index contributed by atoms with van der Waals surface area (Å²) in [6.07, 6.45) is 0. The summed E-state index contributed by atoms with van der Waals surface area (Å²) in [6, 6.07) is 2.35. The second kappa shape index (κ2) is 4.19. The summed E-state index contributed by atoms with van der Waals surface area (Å²) in [5, 5.41) is 25.9. The average Bonchev–Trinajstić information content (AvgIpc) is 2.08. The standard InChI is InChI=1S/C7H5BCl2O4/c9-5-3(7(11)12)1-2-4(6(5)10)8(13)14/h1-2,13-14H,(H,11,12). The predicted molar refractivity (Wildman–Crippen MR) is 53.2 cm³/mol. The summed E-state index contributed by atoms with van der Waals surface area (Å²) in [6.45, 7) is 0. The molecule has 0 bridgehead atoms. The van der Waals surface area contributed by atoms with Gasteiger partial charge in [-0.3, -0.25) is 0 Å². The lowest BCUT2D eigenvalue weighted by Gasteiger charge is -2.06. The van der Waals surface area contributed by atoms with Gasteiger partial charge in [-0.25, -0.2) is 4.79 Å². The van der Waals surface area contributed by atoms with E-state index < -0.39 is 13.1 Å². The van der Waals surface area contributed by atoms with Gasteiger partial charge in [-0.1, -0.05) is 29.3 Å². The van der Waals surface area contributed by atoms with Crippen molar-refractivity contribution in [3.63, 3.8) is 0 Å². The minimum atomic E-state index is -1.78. The first kappa shape index (κ1) is 11.3. The molecule has 0 spiro atoms. The molecule has 0 saturated carbocycles. The van der Waals surface area contributed by atoms with Crippen LogP contribution in [0.2, 0.25) is 10.0 Å². The van der Waals surface area contributed by atoms with Crippen molar-refractivity contribution in [1.82, 2.24) is 0 Å². The minimum absolute atomic E-state index is 0.0262. The Labute approximate surface area is 89.8 Å². The highest BCUT2D eigenvalue weighted by molar-refractivity contribution is 6.64. The molecule has 0 saturated heterocycles. The minimum Gasteiger partial charge on any atom is -0.478 e. The molecule has 7 heteroatoms. The summed E-state index contributed by atoms with van der Waals surface area (Å²) in [5.74, 6) is -1.23. The van der Waals surface area contributed by atoms with Gasteiger partial charge in [0.1, 0.15) is 0 Å². The van der Waals surface area contributed by atoms with Gasteiger partial charge in [-0.05, 0) is 6.07 Å². The van der Waals surface area contributed by atoms with Crippen molar-refractivity contribution >= 4 is 41.8 Å². The molecule has 0 atom stereocenters. The highest BCUT2D eigenvalue weighted by atomic mass is 35.5. The van der Waals surface area contributed by atoms with E-state index in [2.05, 4.69) is 0 Å². The van der Waals surface area contributed by atoms with Gasteiger partial charge in [0.25, 0.3) is 0 Å². The summed E-state index contributed by atoms with van der Waals surface area (Å²) in [5.41, 5.74) is -0.206. The van der Waals surface area contributed by atoms with Crippen LogP contribution in [0.5, 0.6) is 0 Å². The fourth-order valence-corrected chi connectivity index (χ4v) is 1.44. The SMILES string of the molecule is O=C(O)c1ccc(B(O)O)c(Cl)c1Cl. The zero-order valence-corrected chi connectivity index (χ0v) is 8.25. The average molecular weight is 235 g/mol. The fraction of sp³-hybridized carbons (Fsp3) is 0. The molecule has 0 amide bonds. The van der Waals surface area contributed by atoms with Crippen molar-refractivity contribution in [1.29, 1.82) is 0 Å². The number of hydrogen-bond acceptors (Lipinski definition) is 3. The Hall–Kier alpha value is -0.745. The van der Waals surface area contributed by atoms with E-state index in [1.807, 2.05) is 0 Å². The zero-order valence-electron chi connectivity index (χ0n) is 6.74. The molecule has 74 valence electrons. The zero-order chi connectivity index (χ0) is 10.9. The van der Waals surface area contributed by atoms with Crippen LogP contribution in [-0.2, 0) is 0 Å². The first-order valence-corrected chi connectivity index (χ1v) is 4.28. The number of carbonyl (C=O) groups is 1. The third kappa shape index (κ3) is 2.01. The van der Waals surface area contributed by atoms with Crippen LogP contribution in [0.1, 0.15) is 10.4 Å². The Bertz CT molecular complexity index is 380. The van der Waals surface area contributed by atoms with Gasteiger partial charge in [-0.15, -0.1) is 0 Å². The van der Waals surface area contributed by atoms with Gasteiger partial charge in [0.15, 0.2) is 0 Å². The maximum Gasteiger partial charge on any atom is 0.490 e. The lowest BCUT2D eigenvalue weighted by molar-refractivity contribution is 0.0697. The van der Waals surface area contributed by atoms with Gasteiger partial charge in [0.05, 0.1) is 15.6 Å². The van der Waals surface area contributed by atoms with Crippen LogP contribution in [-0.4, -0.2) is 28.2 Å². The fourth-order valence-electron chi connectivity index (χ4n) is 0.929. The Balaban J connectivity index is 3.33. The van der Waals surface area contributed by atoms with Crippen LogP contribution in [0.4, 0.5) is 0 Å². The summed E-state index contributed by atoms with van der Waals surface area (Å²) in [7, 11) is -1.78. The van der Waals surface area contributed by atoms with Crippen LogP contribution in [0.25, 0.3) is 0 Å². The molecule has 0 fully saturated rings. The highest BCUT2D eigenvalue weighted by Gasteiger charge is 2.21. The highest BCUT2D eigenvalue weighted by Crippen LogP contribution is 2.24. The Morgan fingerprint density at radius 2 is 1.79 bits per heavy atom. The summed E-state index contributed by atoms with van der Waals surface area (Å²) in [4.78, 5) is 10.6. The topological polar surface area (TPSA) is 77.8 Å². The molecule has 3 N–H and O–H groups in total. The quantitative estimate of drug-likeness (QED) is 0.647. The molecule has 0 aromatic heterocycles. The van der Waals surface area contributed by atoms with E-state index in [4.69, 9.17) is 38.4 Å². The first-order chi connectivity index (χ1) is 6.45. The Morgan fingerprint density at radius 1 is 1.21 bits per heavy atom. The van der Waals surface area contributed by atoms with Crippen LogP contribution in [0.3, 0.4) is 0 Å². The maximum absolute atomic E-state index is 10.6. The van der Waals surface area contributed by atoms with Crippen molar-refractivity contribution in [3.8, 4) is 0 Å². The molecule has 1 aromatic carbocycles. The molecule has 0 unspecified atom stereocenters. The van der Waals surface area contributed by atoms with E-state index in [1.165, 1.54) is 6.07 Å². The van der Waals surface area contributed by atoms with Gasteiger partial charge in [0, 0.05) is 5.46 Å². The smallest absolute Gasteiger partial charge is 0.478 e. The molecule has 4 nitrogen and oxygen atoms in total. The van der Waals surface area contributed by atoms with Crippen LogP contribution in [0.15, 0.2) is 12.1 Å². The predicted octanol–water partition coefficient (Wildman–Crippen LogP) is 0.371. The van der Waals surface area contributed by atoms with Crippen LogP contribution >= 0.6 is 23.2 Å². The second-order valence-electron chi connectivity index (χ2n) is 2.51. The number of rotatable bonds is 2. The molecule has 0 aliphatic rings. The van der Waals surface area contributed by atoms with Crippen molar-refractivity contribution in [2.75, 3.05) is 0 Å². The number of hydrogen-bond donors (Lipinski definition) is 3. The lowest BCUT2D eigenvalue weighted by Crippen LogP contribution is -2.31. The molecule has 0 aliphatic carbocycles. The molecule has 14 heavy (non-hydrogen) atoms. The number of carboxylic acid groups (broad SMARTS) is 1. The van der Waals surface area contributed by atoms with Crippen LogP contribution in [0, 0.1) is 0 Å². The van der Waals surface area contributed by atoms with Gasteiger partial charge in [0.2, 0.25) is 0 Å². The molecule has 0 heterocycles. The van der Waals surface area contributed by atoms with Crippen LogP contribution < -0.4 is 5.46 Å². The van der Waals surface area contributed by atoms with Crippen molar-refractivity contribution in [2.45, 2.75) is 0 Å². The summed E-state index contributed by atoms with van der Waals surface area (Å²) < 4.78 is 0. The number of halogens is 2. The normalized spacial score (nSPS) is 10.0. The molecular formula is C7H5BCl2O4. The van der Waals surface area contributed by atoms with E-state index in [-0.39, 0.29) is 21.1 Å². The van der Waals surface area contributed by atoms with E-state index >= 15 is 0 Å². The van der Waals surface area contributed by atoms with Crippen molar-refractivity contribution in [3.05, 3.63) is 27.7 Å². The third-order valence-electron chi connectivity index (χ3n) is 1.62. The first-order valence-electron chi connectivity index (χ1n) is 3.52. The monoisotopic (exact) mass is 234 g/mol. The molecular weight excluding hydrogens is 230 g/mol. The van der Waals surface area contributed by atoms with Crippen molar-refractivity contribution < 1.29 is 19.9 Å². The largest absolute Gasteiger partial charge is 0.490 e. The molecule has 0 aliphatic heterocycles.